The number of nitrogens with zero attached hydrogens (tertiary/aromatic N) is 3. The molecule has 1 saturated heterocycles. The Hall–Kier alpha value is -1.60. The van der Waals surface area contributed by atoms with Crippen molar-refractivity contribution in [2.24, 2.45) is 5.92 Å². The molecule has 0 aromatic carbocycles. The molecule has 1 aliphatic rings. The van der Waals surface area contributed by atoms with E-state index in [1.807, 2.05) is 18.4 Å². The van der Waals surface area contributed by atoms with Gasteiger partial charge in [-0.1, -0.05) is 11.6 Å². The second-order valence-corrected chi connectivity index (χ2v) is 6.78. The molecule has 6 nitrogen and oxygen atoms in total. The van der Waals surface area contributed by atoms with Crippen LogP contribution in [0.3, 0.4) is 0 Å². The normalized spacial score (nSPS) is 18.2. The maximum atomic E-state index is 11.6. The topological polar surface area (TPSA) is 68.5 Å². The van der Waals surface area contributed by atoms with E-state index < -0.39 is 0 Å². The Labute approximate surface area is 143 Å². The van der Waals surface area contributed by atoms with Crippen LogP contribution in [0.25, 0.3) is 10.8 Å². The summed E-state index contributed by atoms with van der Waals surface area (Å²) in [7, 11) is 0. The smallest absolute Gasteiger partial charge is 0.306 e. The van der Waals surface area contributed by atoms with Gasteiger partial charge in [0.1, 0.15) is 4.88 Å². The fourth-order valence-electron chi connectivity index (χ4n) is 2.75. The second-order valence-electron chi connectivity index (χ2n) is 5.46. The lowest BCUT2D eigenvalue weighted by Gasteiger charge is -2.31. The summed E-state index contributed by atoms with van der Waals surface area (Å²) in [5.74, 6) is 1.11. The minimum absolute atomic E-state index is 0.140. The number of aromatic nitrogens is 2. The lowest BCUT2D eigenvalue weighted by Crippen LogP contribution is -2.37. The van der Waals surface area contributed by atoms with E-state index in [0.717, 1.165) is 30.8 Å². The summed E-state index contributed by atoms with van der Waals surface area (Å²) in [6, 6.07) is 1.81. The molecule has 8 heteroatoms. The van der Waals surface area contributed by atoms with Crippen LogP contribution in [-0.2, 0) is 9.53 Å². The Morgan fingerprint density at radius 3 is 3.22 bits per heavy atom. The Morgan fingerprint density at radius 2 is 2.48 bits per heavy atom. The number of esters is 1. The van der Waals surface area contributed by atoms with Crippen molar-refractivity contribution in [3.8, 4) is 10.8 Å². The molecule has 1 fully saturated rings. The van der Waals surface area contributed by atoms with Gasteiger partial charge in [-0.15, -0.1) is 11.3 Å². The number of thiophene rings is 1. The van der Waals surface area contributed by atoms with Gasteiger partial charge in [0.25, 0.3) is 11.8 Å². The molecule has 2 aromatic rings. The molecule has 0 saturated carbocycles. The zero-order valence-corrected chi connectivity index (χ0v) is 14.4. The van der Waals surface area contributed by atoms with Crippen LogP contribution in [0.5, 0.6) is 0 Å². The van der Waals surface area contributed by atoms with Crippen molar-refractivity contribution in [3.63, 3.8) is 0 Å². The van der Waals surface area contributed by atoms with Gasteiger partial charge in [-0.25, -0.2) is 0 Å². The molecule has 23 heavy (non-hydrogen) atoms. The van der Waals surface area contributed by atoms with Crippen LogP contribution in [0.15, 0.2) is 16.0 Å². The molecule has 1 atom stereocenters. The van der Waals surface area contributed by atoms with E-state index in [1.54, 1.807) is 0 Å². The first kappa shape index (κ1) is 16.3. The number of hydrogen-bond donors (Lipinski definition) is 0. The molecule has 0 N–H and O–H groups in total. The first-order chi connectivity index (χ1) is 11.2. The molecule has 0 radical (unpaired) electrons. The van der Waals surface area contributed by atoms with Crippen molar-refractivity contribution >= 4 is 34.9 Å². The predicted molar refractivity (Wildman–Crippen MR) is 88.8 cm³/mol. The minimum atomic E-state index is -0.140. The lowest BCUT2D eigenvalue weighted by atomic mass is 9.95. The second kappa shape index (κ2) is 7.31. The van der Waals surface area contributed by atoms with E-state index in [1.165, 1.54) is 11.3 Å². The third-order valence-corrected chi connectivity index (χ3v) is 5.12. The van der Waals surface area contributed by atoms with E-state index >= 15 is 0 Å². The van der Waals surface area contributed by atoms with Crippen LogP contribution in [0, 0.1) is 5.92 Å². The summed E-state index contributed by atoms with van der Waals surface area (Å²) < 4.78 is 10.4. The Balaban J connectivity index is 1.66. The number of carbonyl (C=O) groups excluding carboxylic acids is 1. The van der Waals surface area contributed by atoms with Gasteiger partial charge >= 0.3 is 5.97 Å². The summed E-state index contributed by atoms with van der Waals surface area (Å²) in [6.45, 7) is 3.83. The molecule has 0 aliphatic carbocycles. The molecule has 124 valence electrons. The number of piperidine rings is 1. The van der Waals surface area contributed by atoms with Crippen LogP contribution >= 0.6 is 22.9 Å². The van der Waals surface area contributed by atoms with Gasteiger partial charge in [-0.2, -0.15) is 4.98 Å². The first-order valence-corrected chi connectivity index (χ1v) is 8.90. The minimum Gasteiger partial charge on any atom is -0.466 e. The molecule has 0 spiro atoms. The first-order valence-electron chi connectivity index (χ1n) is 7.65. The van der Waals surface area contributed by atoms with Crippen LogP contribution in [0.2, 0.25) is 5.02 Å². The summed E-state index contributed by atoms with van der Waals surface area (Å²) in [6.07, 6.45) is 2.44. The van der Waals surface area contributed by atoms with Crippen LogP contribution < -0.4 is 4.90 Å². The maximum Gasteiger partial charge on any atom is 0.306 e. The Kier molecular flexibility index (Phi) is 5.17. The number of anilines is 1. The highest BCUT2D eigenvalue weighted by Crippen LogP contribution is 2.33. The molecule has 2 aromatic heterocycles. The monoisotopic (exact) mass is 355 g/mol. The standard InChI is InChI=1S/C15H18ClN3O3S/c1-2-21-12(20)8-10-4-3-6-19(9-10)15-17-14(22-18-15)13-11(16)5-7-23-13/h5,7,10H,2-4,6,8-9H2,1H3. The van der Waals surface area contributed by atoms with Crippen LogP contribution in [0.1, 0.15) is 26.2 Å². The molecule has 3 rings (SSSR count). The average molecular weight is 356 g/mol. The lowest BCUT2D eigenvalue weighted by molar-refractivity contribution is -0.144. The number of carbonyl (C=O) groups is 1. The predicted octanol–water partition coefficient (Wildman–Crippen LogP) is 3.62. The zero-order valence-electron chi connectivity index (χ0n) is 12.8. The van der Waals surface area contributed by atoms with Gasteiger partial charge in [-0.3, -0.25) is 4.79 Å². The van der Waals surface area contributed by atoms with E-state index in [-0.39, 0.29) is 11.9 Å². The van der Waals surface area contributed by atoms with Gasteiger partial charge in [-0.05, 0) is 42.3 Å². The van der Waals surface area contributed by atoms with E-state index in [2.05, 4.69) is 15.0 Å². The SMILES string of the molecule is CCOC(=O)CC1CCCN(c2noc(-c3sccc3Cl)n2)C1. The van der Waals surface area contributed by atoms with Crippen LogP contribution in [-0.4, -0.2) is 35.8 Å². The fourth-order valence-corrected chi connectivity index (χ4v) is 3.81. The quantitative estimate of drug-likeness (QED) is 0.763. The summed E-state index contributed by atoms with van der Waals surface area (Å²) in [4.78, 5) is 18.9. The molecule has 0 bridgehead atoms. The van der Waals surface area contributed by atoms with E-state index in [9.17, 15) is 4.79 Å². The highest BCUT2D eigenvalue weighted by Gasteiger charge is 2.26. The number of ether oxygens (including phenoxy) is 1. The largest absolute Gasteiger partial charge is 0.466 e. The highest BCUT2D eigenvalue weighted by molar-refractivity contribution is 7.14. The Morgan fingerprint density at radius 1 is 1.61 bits per heavy atom. The third-order valence-electron chi connectivity index (χ3n) is 3.79. The highest BCUT2D eigenvalue weighted by atomic mass is 35.5. The number of halogens is 1. The van der Waals surface area contributed by atoms with Crippen molar-refractivity contribution in [2.45, 2.75) is 26.2 Å². The molecule has 3 heterocycles. The number of rotatable bonds is 5. The van der Waals surface area contributed by atoms with Gasteiger partial charge < -0.3 is 14.2 Å². The molecular weight excluding hydrogens is 338 g/mol. The van der Waals surface area contributed by atoms with E-state index in [4.69, 9.17) is 20.9 Å². The third kappa shape index (κ3) is 3.84. The molecule has 0 amide bonds. The van der Waals surface area contributed by atoms with E-state index in [0.29, 0.717) is 29.9 Å². The van der Waals surface area contributed by atoms with Crippen molar-refractivity contribution in [1.29, 1.82) is 0 Å². The summed E-state index contributed by atoms with van der Waals surface area (Å²) >= 11 is 7.57. The summed E-state index contributed by atoms with van der Waals surface area (Å²) in [5.41, 5.74) is 0. The van der Waals surface area contributed by atoms with Crippen LogP contribution in [0.4, 0.5) is 5.95 Å². The molecule has 1 unspecified atom stereocenters. The molecule has 1 aliphatic heterocycles. The summed E-state index contributed by atoms with van der Waals surface area (Å²) in [5, 5.41) is 6.56. The van der Waals surface area contributed by atoms with Gasteiger partial charge in [0.05, 0.1) is 18.1 Å². The van der Waals surface area contributed by atoms with Crippen molar-refractivity contribution in [1.82, 2.24) is 10.1 Å². The van der Waals surface area contributed by atoms with Crippen molar-refractivity contribution < 1.29 is 14.1 Å². The number of hydrogen-bond acceptors (Lipinski definition) is 7. The maximum absolute atomic E-state index is 11.6. The van der Waals surface area contributed by atoms with Gasteiger partial charge in [0.2, 0.25) is 0 Å². The fraction of sp³-hybridized carbons (Fsp3) is 0.533. The average Bonchev–Trinajstić information content (AvgIpc) is 3.16. The van der Waals surface area contributed by atoms with Crippen molar-refractivity contribution in [2.75, 3.05) is 24.6 Å². The van der Waals surface area contributed by atoms with Crippen molar-refractivity contribution in [3.05, 3.63) is 16.5 Å². The Bertz CT molecular complexity index is 672. The molecular formula is C15H18ClN3O3S. The zero-order chi connectivity index (χ0) is 16.2. The van der Waals surface area contributed by atoms with Gasteiger partial charge in [0.15, 0.2) is 0 Å². The van der Waals surface area contributed by atoms with Gasteiger partial charge in [0, 0.05) is 13.1 Å².